The highest BCUT2D eigenvalue weighted by atomic mass is 16.5. The average Bonchev–Trinajstić information content (AvgIpc) is 2.85. The Morgan fingerprint density at radius 2 is 1.95 bits per heavy atom. The maximum atomic E-state index is 11.4. The van der Waals surface area contributed by atoms with Gasteiger partial charge >= 0.3 is 5.97 Å². The van der Waals surface area contributed by atoms with Gasteiger partial charge in [-0.2, -0.15) is 4.98 Å². The van der Waals surface area contributed by atoms with Crippen molar-refractivity contribution in [2.75, 3.05) is 12.8 Å². The first-order valence-corrected chi connectivity index (χ1v) is 5.98. The van der Waals surface area contributed by atoms with Gasteiger partial charge in [0.05, 0.1) is 12.7 Å². The van der Waals surface area contributed by atoms with Crippen LogP contribution in [0.5, 0.6) is 0 Å². The van der Waals surface area contributed by atoms with E-state index in [0.717, 1.165) is 11.1 Å². The first kappa shape index (κ1) is 12.2. The SMILES string of the molecule is COC(=O)c1ccc(-c2ccn3nc(N)nc3c2)cc1. The monoisotopic (exact) mass is 268 g/mol. The van der Waals surface area contributed by atoms with Gasteiger partial charge in [0.2, 0.25) is 5.95 Å². The molecule has 0 atom stereocenters. The van der Waals surface area contributed by atoms with Crippen molar-refractivity contribution < 1.29 is 9.53 Å². The van der Waals surface area contributed by atoms with Crippen molar-refractivity contribution >= 4 is 17.6 Å². The van der Waals surface area contributed by atoms with Crippen molar-refractivity contribution in [3.05, 3.63) is 48.2 Å². The van der Waals surface area contributed by atoms with Gasteiger partial charge in [0.25, 0.3) is 0 Å². The molecule has 6 nitrogen and oxygen atoms in total. The summed E-state index contributed by atoms with van der Waals surface area (Å²) in [4.78, 5) is 15.5. The van der Waals surface area contributed by atoms with Crippen LogP contribution in [0.2, 0.25) is 0 Å². The zero-order valence-electron chi connectivity index (χ0n) is 10.8. The molecule has 0 aliphatic heterocycles. The fraction of sp³-hybridized carbons (Fsp3) is 0.0714. The Hall–Kier alpha value is -2.89. The van der Waals surface area contributed by atoms with Gasteiger partial charge in [0.15, 0.2) is 5.65 Å². The summed E-state index contributed by atoms with van der Waals surface area (Å²) < 4.78 is 6.28. The van der Waals surface area contributed by atoms with Crippen LogP contribution in [0, 0.1) is 0 Å². The maximum absolute atomic E-state index is 11.4. The summed E-state index contributed by atoms with van der Waals surface area (Å²) in [5.74, 6) is -0.111. The highest BCUT2D eigenvalue weighted by Gasteiger charge is 2.06. The van der Waals surface area contributed by atoms with E-state index in [4.69, 9.17) is 5.73 Å². The largest absolute Gasteiger partial charge is 0.465 e. The van der Waals surface area contributed by atoms with E-state index >= 15 is 0 Å². The Morgan fingerprint density at radius 3 is 2.65 bits per heavy atom. The number of nitrogen functional groups attached to an aromatic ring is 1. The van der Waals surface area contributed by atoms with Gasteiger partial charge in [0, 0.05) is 6.20 Å². The second kappa shape index (κ2) is 4.65. The van der Waals surface area contributed by atoms with Crippen LogP contribution < -0.4 is 5.73 Å². The van der Waals surface area contributed by atoms with E-state index in [1.54, 1.807) is 22.8 Å². The van der Waals surface area contributed by atoms with Crippen LogP contribution in [0.1, 0.15) is 10.4 Å². The number of hydrogen-bond acceptors (Lipinski definition) is 5. The molecule has 0 saturated heterocycles. The van der Waals surface area contributed by atoms with E-state index in [9.17, 15) is 4.79 Å². The normalized spacial score (nSPS) is 10.7. The van der Waals surface area contributed by atoms with E-state index in [-0.39, 0.29) is 11.9 Å². The number of methoxy groups -OCH3 is 1. The number of esters is 1. The maximum Gasteiger partial charge on any atom is 0.337 e. The summed E-state index contributed by atoms with van der Waals surface area (Å²) in [6.45, 7) is 0. The minimum Gasteiger partial charge on any atom is -0.465 e. The molecule has 2 aromatic heterocycles. The second-order valence-electron chi connectivity index (χ2n) is 4.26. The number of carbonyl (C=O) groups excluding carboxylic acids is 1. The lowest BCUT2D eigenvalue weighted by Gasteiger charge is -2.03. The summed E-state index contributed by atoms with van der Waals surface area (Å²) in [7, 11) is 1.36. The number of hydrogen-bond donors (Lipinski definition) is 1. The van der Waals surface area contributed by atoms with Crippen molar-refractivity contribution in [2.45, 2.75) is 0 Å². The molecule has 0 saturated carbocycles. The molecule has 0 amide bonds. The smallest absolute Gasteiger partial charge is 0.337 e. The van der Waals surface area contributed by atoms with Crippen molar-refractivity contribution in [3.63, 3.8) is 0 Å². The Balaban J connectivity index is 1.99. The average molecular weight is 268 g/mol. The lowest BCUT2D eigenvalue weighted by atomic mass is 10.1. The molecule has 2 N–H and O–H groups in total. The van der Waals surface area contributed by atoms with Gasteiger partial charge in [-0.3, -0.25) is 0 Å². The molecule has 0 radical (unpaired) electrons. The molecule has 0 fully saturated rings. The number of ether oxygens (including phenoxy) is 1. The Kier molecular flexibility index (Phi) is 2.83. The highest BCUT2D eigenvalue weighted by molar-refractivity contribution is 5.90. The van der Waals surface area contributed by atoms with E-state index in [0.29, 0.717) is 11.2 Å². The molecule has 0 unspecified atom stereocenters. The van der Waals surface area contributed by atoms with E-state index in [1.807, 2.05) is 24.3 Å². The van der Waals surface area contributed by atoms with Crippen LogP contribution in [0.15, 0.2) is 42.6 Å². The molecule has 1 aromatic carbocycles. The van der Waals surface area contributed by atoms with Gasteiger partial charge in [-0.1, -0.05) is 12.1 Å². The summed E-state index contributed by atoms with van der Waals surface area (Å²) in [6.07, 6.45) is 1.79. The van der Waals surface area contributed by atoms with Crippen LogP contribution in [0.4, 0.5) is 5.95 Å². The summed E-state index contributed by atoms with van der Waals surface area (Å²) in [5, 5.41) is 4.02. The van der Waals surface area contributed by atoms with Crippen LogP contribution in [0.25, 0.3) is 16.8 Å². The Morgan fingerprint density at radius 1 is 1.20 bits per heavy atom. The molecule has 0 bridgehead atoms. The second-order valence-corrected chi connectivity index (χ2v) is 4.26. The van der Waals surface area contributed by atoms with Crippen LogP contribution in [0.3, 0.4) is 0 Å². The molecule has 0 spiro atoms. The molecule has 2 heterocycles. The first-order chi connectivity index (χ1) is 9.67. The molecule has 6 heteroatoms. The predicted molar refractivity (Wildman–Crippen MR) is 74.2 cm³/mol. The third kappa shape index (κ3) is 2.07. The third-order valence-electron chi connectivity index (χ3n) is 2.99. The standard InChI is InChI=1S/C14H12N4O2/c1-20-13(19)10-4-2-9(3-5-10)11-6-7-18-12(8-11)16-14(15)17-18/h2-8H,1H3,(H2,15,17). The number of rotatable bonds is 2. The number of fused-ring (bicyclic) bond motifs is 1. The molecular formula is C14H12N4O2. The fourth-order valence-electron chi connectivity index (χ4n) is 1.99. The van der Waals surface area contributed by atoms with Crippen LogP contribution >= 0.6 is 0 Å². The summed E-state index contributed by atoms with van der Waals surface area (Å²) >= 11 is 0. The van der Waals surface area contributed by atoms with Gasteiger partial charge in [-0.05, 0) is 35.4 Å². The number of aromatic nitrogens is 3. The number of nitrogens with two attached hydrogens (primary N) is 1. The third-order valence-corrected chi connectivity index (χ3v) is 2.99. The molecule has 20 heavy (non-hydrogen) atoms. The minimum absolute atomic E-state index is 0.239. The Labute approximate surface area is 114 Å². The predicted octanol–water partition coefficient (Wildman–Crippen LogP) is 1.77. The highest BCUT2D eigenvalue weighted by Crippen LogP contribution is 2.21. The minimum atomic E-state index is -0.350. The molecule has 0 aliphatic carbocycles. The van der Waals surface area contributed by atoms with Gasteiger partial charge in [-0.25, -0.2) is 9.31 Å². The van der Waals surface area contributed by atoms with E-state index in [1.165, 1.54) is 7.11 Å². The molecule has 0 aliphatic rings. The fourth-order valence-corrected chi connectivity index (χ4v) is 1.99. The Bertz CT molecular complexity index is 777. The quantitative estimate of drug-likeness (QED) is 0.716. The van der Waals surface area contributed by atoms with E-state index < -0.39 is 0 Å². The number of benzene rings is 1. The van der Waals surface area contributed by atoms with E-state index in [2.05, 4.69) is 14.8 Å². The van der Waals surface area contributed by atoms with Crippen molar-refractivity contribution in [3.8, 4) is 11.1 Å². The zero-order chi connectivity index (χ0) is 14.1. The number of nitrogens with zero attached hydrogens (tertiary/aromatic N) is 3. The van der Waals surface area contributed by atoms with Gasteiger partial charge < -0.3 is 10.5 Å². The molecule has 3 rings (SSSR count). The van der Waals surface area contributed by atoms with Gasteiger partial charge in [-0.15, -0.1) is 5.10 Å². The lowest BCUT2D eigenvalue weighted by Crippen LogP contribution is -2.00. The van der Waals surface area contributed by atoms with Crippen molar-refractivity contribution in [1.29, 1.82) is 0 Å². The summed E-state index contributed by atoms with van der Waals surface area (Å²) in [6, 6.07) is 11.0. The molecule has 100 valence electrons. The first-order valence-electron chi connectivity index (χ1n) is 5.98. The molecule has 3 aromatic rings. The number of carbonyl (C=O) groups is 1. The topological polar surface area (TPSA) is 82.5 Å². The van der Waals surface area contributed by atoms with Crippen molar-refractivity contribution in [2.24, 2.45) is 0 Å². The van der Waals surface area contributed by atoms with Crippen molar-refractivity contribution in [1.82, 2.24) is 14.6 Å². The summed E-state index contributed by atoms with van der Waals surface area (Å²) in [5.41, 5.74) is 8.70. The van der Waals surface area contributed by atoms with Crippen LogP contribution in [-0.2, 0) is 4.74 Å². The lowest BCUT2D eigenvalue weighted by molar-refractivity contribution is 0.0601. The zero-order valence-corrected chi connectivity index (χ0v) is 10.8. The number of anilines is 1. The number of pyridine rings is 1. The molecular weight excluding hydrogens is 256 g/mol. The van der Waals surface area contributed by atoms with Crippen LogP contribution in [-0.4, -0.2) is 27.7 Å². The van der Waals surface area contributed by atoms with Gasteiger partial charge in [0.1, 0.15) is 0 Å².